The van der Waals surface area contributed by atoms with Crippen molar-refractivity contribution in [2.75, 3.05) is 13.7 Å². The summed E-state index contributed by atoms with van der Waals surface area (Å²) in [6, 6.07) is 10.9. The standard InChI is InChI=1S/C24H27N3O4/c1-6-27-21-10-9-18(12-20(21)25-17(4)23(27)29)24(30)31-14-22(28)26(5)13-19-8-7-15(2)11-16(19)3/h7-12H,6,13-14H2,1-5H3. The highest BCUT2D eigenvalue weighted by Crippen LogP contribution is 2.15. The molecule has 3 aromatic rings. The van der Waals surface area contributed by atoms with Gasteiger partial charge in [-0.05, 0) is 57.0 Å². The van der Waals surface area contributed by atoms with Crippen molar-refractivity contribution >= 4 is 22.9 Å². The van der Waals surface area contributed by atoms with E-state index < -0.39 is 5.97 Å². The van der Waals surface area contributed by atoms with Gasteiger partial charge in [-0.25, -0.2) is 9.78 Å². The average molecular weight is 421 g/mol. The van der Waals surface area contributed by atoms with Gasteiger partial charge in [0.1, 0.15) is 5.69 Å². The lowest BCUT2D eigenvalue weighted by atomic mass is 10.1. The van der Waals surface area contributed by atoms with Crippen molar-refractivity contribution in [2.45, 2.75) is 40.8 Å². The van der Waals surface area contributed by atoms with E-state index in [4.69, 9.17) is 4.74 Å². The van der Waals surface area contributed by atoms with Gasteiger partial charge in [-0.1, -0.05) is 23.8 Å². The maximum Gasteiger partial charge on any atom is 0.338 e. The van der Waals surface area contributed by atoms with Crippen LogP contribution in [0.3, 0.4) is 0 Å². The number of benzene rings is 2. The lowest BCUT2D eigenvalue weighted by Crippen LogP contribution is -2.31. The van der Waals surface area contributed by atoms with E-state index in [1.165, 1.54) is 10.5 Å². The predicted molar refractivity (Wildman–Crippen MR) is 119 cm³/mol. The first-order chi connectivity index (χ1) is 14.7. The number of likely N-dealkylation sites (N-methyl/N-ethyl adjacent to an activating group) is 1. The SMILES string of the molecule is CCn1c(=O)c(C)nc2cc(C(=O)OCC(=O)N(C)Cc3ccc(C)cc3C)ccc21. The van der Waals surface area contributed by atoms with Gasteiger partial charge >= 0.3 is 5.97 Å². The number of hydrogen-bond acceptors (Lipinski definition) is 5. The molecular formula is C24H27N3O4. The number of hydrogen-bond donors (Lipinski definition) is 0. The molecule has 0 aliphatic rings. The van der Waals surface area contributed by atoms with Crippen LogP contribution in [0.5, 0.6) is 0 Å². The number of rotatable bonds is 6. The van der Waals surface area contributed by atoms with E-state index in [9.17, 15) is 14.4 Å². The van der Waals surface area contributed by atoms with E-state index in [-0.39, 0.29) is 23.6 Å². The first kappa shape index (κ1) is 22.2. The Hall–Kier alpha value is -3.48. The van der Waals surface area contributed by atoms with Gasteiger partial charge in [-0.15, -0.1) is 0 Å². The number of nitrogens with zero attached hydrogens (tertiary/aromatic N) is 3. The summed E-state index contributed by atoms with van der Waals surface area (Å²) in [5.74, 6) is -0.897. The number of aryl methyl sites for hydroxylation is 4. The molecule has 162 valence electrons. The molecule has 7 heteroatoms. The molecule has 7 nitrogen and oxygen atoms in total. The summed E-state index contributed by atoms with van der Waals surface area (Å²) < 4.78 is 6.84. The number of ether oxygens (including phenoxy) is 1. The topological polar surface area (TPSA) is 81.5 Å². The minimum absolute atomic E-state index is 0.150. The van der Waals surface area contributed by atoms with E-state index in [1.54, 1.807) is 36.7 Å². The Morgan fingerprint density at radius 3 is 2.52 bits per heavy atom. The van der Waals surface area contributed by atoms with Crippen molar-refractivity contribution in [3.8, 4) is 0 Å². The molecule has 0 spiro atoms. The molecule has 0 bridgehead atoms. The third kappa shape index (κ3) is 4.82. The van der Waals surface area contributed by atoms with Crippen LogP contribution in [0.25, 0.3) is 11.0 Å². The highest BCUT2D eigenvalue weighted by Gasteiger charge is 2.16. The maximum atomic E-state index is 12.5. The zero-order chi connectivity index (χ0) is 22.7. The van der Waals surface area contributed by atoms with Crippen molar-refractivity contribution < 1.29 is 14.3 Å². The molecule has 0 saturated heterocycles. The Morgan fingerprint density at radius 1 is 1.10 bits per heavy atom. The van der Waals surface area contributed by atoms with Crippen LogP contribution < -0.4 is 5.56 Å². The van der Waals surface area contributed by atoms with E-state index in [2.05, 4.69) is 11.1 Å². The normalized spacial score (nSPS) is 10.9. The number of esters is 1. The minimum Gasteiger partial charge on any atom is -0.452 e. The lowest BCUT2D eigenvalue weighted by Gasteiger charge is -2.19. The zero-order valence-electron chi connectivity index (χ0n) is 18.6. The first-order valence-corrected chi connectivity index (χ1v) is 10.2. The van der Waals surface area contributed by atoms with Gasteiger partial charge in [-0.2, -0.15) is 0 Å². The molecule has 0 aliphatic heterocycles. The van der Waals surface area contributed by atoms with Crippen LogP contribution >= 0.6 is 0 Å². The summed E-state index contributed by atoms with van der Waals surface area (Å²) in [7, 11) is 1.68. The largest absolute Gasteiger partial charge is 0.452 e. The molecule has 0 fully saturated rings. The molecule has 0 N–H and O–H groups in total. The fourth-order valence-electron chi connectivity index (χ4n) is 3.50. The average Bonchev–Trinajstić information content (AvgIpc) is 2.74. The Kier molecular flexibility index (Phi) is 6.53. The van der Waals surface area contributed by atoms with E-state index in [1.807, 2.05) is 32.9 Å². The number of carbonyl (C=O) groups excluding carboxylic acids is 2. The molecule has 0 aliphatic carbocycles. The molecule has 1 aromatic heterocycles. The smallest absolute Gasteiger partial charge is 0.338 e. The number of aromatic nitrogens is 2. The van der Waals surface area contributed by atoms with Crippen LogP contribution in [-0.4, -0.2) is 40.0 Å². The summed E-state index contributed by atoms with van der Waals surface area (Å²) in [6.45, 7) is 8.15. The second kappa shape index (κ2) is 9.12. The highest BCUT2D eigenvalue weighted by molar-refractivity contribution is 5.94. The molecule has 1 heterocycles. The fourth-order valence-corrected chi connectivity index (χ4v) is 3.50. The maximum absolute atomic E-state index is 12.5. The quantitative estimate of drug-likeness (QED) is 0.571. The second-order valence-corrected chi connectivity index (χ2v) is 7.71. The molecular weight excluding hydrogens is 394 g/mol. The van der Waals surface area contributed by atoms with E-state index in [0.717, 1.165) is 11.1 Å². The third-order valence-electron chi connectivity index (χ3n) is 5.32. The Balaban J connectivity index is 1.68. The summed E-state index contributed by atoms with van der Waals surface area (Å²) in [4.78, 5) is 43.0. The first-order valence-electron chi connectivity index (χ1n) is 10.2. The number of carbonyl (C=O) groups is 2. The van der Waals surface area contributed by atoms with Crippen LogP contribution in [0, 0.1) is 20.8 Å². The van der Waals surface area contributed by atoms with Gasteiger partial charge < -0.3 is 14.2 Å². The van der Waals surface area contributed by atoms with Crippen molar-refractivity contribution in [3.05, 3.63) is 74.7 Å². The van der Waals surface area contributed by atoms with Crippen molar-refractivity contribution in [1.29, 1.82) is 0 Å². The van der Waals surface area contributed by atoms with Crippen molar-refractivity contribution in [3.63, 3.8) is 0 Å². The number of fused-ring (bicyclic) bond motifs is 1. The van der Waals surface area contributed by atoms with Crippen LogP contribution in [0.2, 0.25) is 0 Å². The van der Waals surface area contributed by atoms with Crippen molar-refractivity contribution in [2.24, 2.45) is 0 Å². The van der Waals surface area contributed by atoms with Gasteiger partial charge in [0.05, 0.1) is 16.6 Å². The Bertz CT molecular complexity index is 1210. The fraction of sp³-hybridized carbons (Fsp3) is 0.333. The summed E-state index contributed by atoms with van der Waals surface area (Å²) in [5.41, 5.74) is 5.01. The van der Waals surface area contributed by atoms with E-state index in [0.29, 0.717) is 29.8 Å². The van der Waals surface area contributed by atoms with Gasteiger partial charge in [0.2, 0.25) is 0 Å². The molecule has 0 atom stereocenters. The molecule has 0 radical (unpaired) electrons. The van der Waals surface area contributed by atoms with Crippen molar-refractivity contribution in [1.82, 2.24) is 14.5 Å². The van der Waals surface area contributed by atoms with Crippen LogP contribution in [0.4, 0.5) is 0 Å². The molecule has 0 unspecified atom stereocenters. The third-order valence-corrected chi connectivity index (χ3v) is 5.32. The zero-order valence-corrected chi connectivity index (χ0v) is 18.6. The molecule has 0 saturated carbocycles. The van der Waals surface area contributed by atoms with Gasteiger partial charge in [0.25, 0.3) is 11.5 Å². The Morgan fingerprint density at radius 2 is 1.84 bits per heavy atom. The molecule has 1 amide bonds. The number of amides is 1. The Labute approximate surface area is 181 Å². The van der Waals surface area contributed by atoms with Gasteiger partial charge in [0.15, 0.2) is 6.61 Å². The summed E-state index contributed by atoms with van der Waals surface area (Å²) >= 11 is 0. The van der Waals surface area contributed by atoms with Gasteiger partial charge in [0, 0.05) is 20.1 Å². The van der Waals surface area contributed by atoms with Crippen LogP contribution in [0.1, 0.15) is 39.7 Å². The monoisotopic (exact) mass is 421 g/mol. The predicted octanol–water partition coefficient (Wildman–Crippen LogP) is 3.16. The summed E-state index contributed by atoms with van der Waals surface area (Å²) in [6.07, 6.45) is 0. The minimum atomic E-state index is -0.608. The molecule has 31 heavy (non-hydrogen) atoms. The van der Waals surface area contributed by atoms with E-state index >= 15 is 0 Å². The molecule has 3 rings (SSSR count). The lowest BCUT2D eigenvalue weighted by molar-refractivity contribution is -0.133. The van der Waals surface area contributed by atoms with Crippen LogP contribution in [0.15, 0.2) is 41.2 Å². The second-order valence-electron chi connectivity index (χ2n) is 7.71. The van der Waals surface area contributed by atoms with Gasteiger partial charge in [-0.3, -0.25) is 9.59 Å². The van der Waals surface area contributed by atoms with Crippen LogP contribution in [-0.2, 0) is 22.6 Å². The highest BCUT2D eigenvalue weighted by atomic mass is 16.5. The summed E-state index contributed by atoms with van der Waals surface area (Å²) in [5, 5.41) is 0. The molecule has 2 aromatic carbocycles.